The molecule has 0 radical (unpaired) electrons. The van der Waals surface area contributed by atoms with E-state index in [2.05, 4.69) is 15.6 Å². The van der Waals surface area contributed by atoms with Crippen molar-refractivity contribution in [1.82, 2.24) is 20.5 Å². The summed E-state index contributed by atoms with van der Waals surface area (Å²) in [6.07, 6.45) is 4.63. The van der Waals surface area contributed by atoms with Crippen molar-refractivity contribution in [3.8, 4) is 0 Å². The summed E-state index contributed by atoms with van der Waals surface area (Å²) in [6.45, 7) is 3.29. The van der Waals surface area contributed by atoms with Crippen molar-refractivity contribution in [2.75, 3.05) is 19.6 Å². The van der Waals surface area contributed by atoms with Gasteiger partial charge < -0.3 is 20.5 Å². The second-order valence-corrected chi connectivity index (χ2v) is 6.95. The summed E-state index contributed by atoms with van der Waals surface area (Å²) in [5.41, 5.74) is 1.96. The number of para-hydroxylation sites is 1. The van der Waals surface area contributed by atoms with Crippen LogP contribution in [0.15, 0.2) is 30.5 Å². The zero-order chi connectivity index (χ0) is 19.2. The highest BCUT2D eigenvalue weighted by atomic mass is 16.2. The molecule has 0 spiro atoms. The van der Waals surface area contributed by atoms with Gasteiger partial charge in [0.2, 0.25) is 17.7 Å². The summed E-state index contributed by atoms with van der Waals surface area (Å²) in [7, 11) is 0. The molecule has 0 aliphatic carbocycles. The number of nitrogens with one attached hydrogen (secondary N) is 3. The third-order valence-electron chi connectivity index (χ3n) is 4.89. The quantitative estimate of drug-likeness (QED) is 0.687. The molecule has 1 aliphatic heterocycles. The number of amides is 3. The molecule has 0 saturated carbocycles. The Morgan fingerprint density at radius 2 is 1.93 bits per heavy atom. The van der Waals surface area contributed by atoms with Crippen molar-refractivity contribution >= 4 is 28.6 Å². The number of H-pyrrole nitrogens is 1. The third kappa shape index (κ3) is 4.87. The summed E-state index contributed by atoms with van der Waals surface area (Å²) in [5.74, 6) is -0.464. The summed E-state index contributed by atoms with van der Waals surface area (Å²) in [4.78, 5) is 41.2. The van der Waals surface area contributed by atoms with Crippen LogP contribution in [-0.4, -0.2) is 53.3 Å². The second-order valence-electron chi connectivity index (χ2n) is 6.95. The number of hydrogen-bond donors (Lipinski definition) is 3. The van der Waals surface area contributed by atoms with Crippen LogP contribution in [0.1, 0.15) is 31.7 Å². The molecule has 3 amide bonds. The number of hydrogen-bond acceptors (Lipinski definition) is 3. The summed E-state index contributed by atoms with van der Waals surface area (Å²) in [5, 5.41) is 6.54. The van der Waals surface area contributed by atoms with Crippen LogP contribution in [-0.2, 0) is 20.8 Å². The minimum Gasteiger partial charge on any atom is -0.361 e. The molecule has 3 N–H and O–H groups in total. The number of rotatable bonds is 7. The van der Waals surface area contributed by atoms with Crippen LogP contribution in [0.5, 0.6) is 0 Å². The molecule has 2 heterocycles. The Balaban J connectivity index is 1.59. The molecule has 1 unspecified atom stereocenters. The lowest BCUT2D eigenvalue weighted by Crippen LogP contribution is -2.48. The Morgan fingerprint density at radius 1 is 1.19 bits per heavy atom. The van der Waals surface area contributed by atoms with Crippen LogP contribution in [0.3, 0.4) is 0 Å². The van der Waals surface area contributed by atoms with Crippen molar-refractivity contribution in [3.05, 3.63) is 36.0 Å². The molecule has 1 fully saturated rings. The molecule has 7 nitrogen and oxygen atoms in total. The Labute approximate surface area is 158 Å². The Morgan fingerprint density at radius 3 is 2.67 bits per heavy atom. The van der Waals surface area contributed by atoms with Crippen LogP contribution in [0.2, 0.25) is 0 Å². The van der Waals surface area contributed by atoms with Crippen molar-refractivity contribution in [1.29, 1.82) is 0 Å². The predicted octanol–water partition coefficient (Wildman–Crippen LogP) is 1.34. The molecule has 27 heavy (non-hydrogen) atoms. The van der Waals surface area contributed by atoms with Crippen LogP contribution in [0.4, 0.5) is 0 Å². The summed E-state index contributed by atoms with van der Waals surface area (Å²) < 4.78 is 0. The molecule has 144 valence electrons. The Hall–Kier alpha value is -2.83. The number of fused-ring (bicyclic) bond motifs is 1. The van der Waals surface area contributed by atoms with Gasteiger partial charge in [0.1, 0.15) is 6.04 Å². The number of benzene rings is 1. The molecule has 1 aromatic carbocycles. The van der Waals surface area contributed by atoms with Crippen LogP contribution >= 0.6 is 0 Å². The lowest BCUT2D eigenvalue weighted by molar-refractivity contribution is -0.131. The average molecular weight is 370 g/mol. The first-order valence-electron chi connectivity index (χ1n) is 9.42. The molecule has 1 aromatic heterocycles. The first-order valence-corrected chi connectivity index (χ1v) is 9.42. The van der Waals surface area contributed by atoms with E-state index in [1.54, 1.807) is 0 Å². The fraction of sp³-hybridized carbons (Fsp3) is 0.450. The SMILES string of the molecule is CC(=O)NC(Cc1c[nH]c2ccccc12)C(=O)NCCC(=O)N1CCCC1. The third-order valence-corrected chi connectivity index (χ3v) is 4.89. The number of aromatic nitrogens is 1. The molecule has 3 rings (SSSR count). The van der Waals surface area contributed by atoms with Crippen LogP contribution in [0.25, 0.3) is 10.9 Å². The first kappa shape index (κ1) is 18.9. The van der Waals surface area contributed by atoms with Crippen LogP contribution in [0, 0.1) is 0 Å². The number of nitrogens with zero attached hydrogens (tertiary/aromatic N) is 1. The minimum atomic E-state index is -0.677. The maximum atomic E-state index is 12.6. The smallest absolute Gasteiger partial charge is 0.242 e. The van der Waals surface area contributed by atoms with Gasteiger partial charge in [0, 0.05) is 56.5 Å². The molecular weight excluding hydrogens is 344 g/mol. The van der Waals surface area contributed by atoms with Crippen molar-refractivity contribution < 1.29 is 14.4 Å². The normalized spacial score (nSPS) is 14.9. The molecule has 1 atom stereocenters. The maximum absolute atomic E-state index is 12.6. The minimum absolute atomic E-state index is 0.0699. The van der Waals surface area contributed by atoms with E-state index in [1.807, 2.05) is 35.4 Å². The van der Waals surface area contributed by atoms with Gasteiger partial charge in [-0.15, -0.1) is 0 Å². The van der Waals surface area contributed by atoms with E-state index in [4.69, 9.17) is 0 Å². The van der Waals surface area contributed by atoms with Crippen molar-refractivity contribution in [2.24, 2.45) is 0 Å². The molecule has 1 aliphatic rings. The van der Waals surface area contributed by atoms with Gasteiger partial charge in [-0.25, -0.2) is 0 Å². The summed E-state index contributed by atoms with van der Waals surface area (Å²) in [6, 6.07) is 7.16. The van der Waals surface area contributed by atoms with Gasteiger partial charge >= 0.3 is 0 Å². The lowest BCUT2D eigenvalue weighted by atomic mass is 10.0. The van der Waals surface area contributed by atoms with E-state index in [-0.39, 0.29) is 30.7 Å². The average Bonchev–Trinajstić information content (AvgIpc) is 3.31. The fourth-order valence-electron chi connectivity index (χ4n) is 3.52. The first-order chi connectivity index (χ1) is 13.0. The van der Waals surface area contributed by atoms with E-state index in [1.165, 1.54) is 6.92 Å². The van der Waals surface area contributed by atoms with Crippen molar-refractivity contribution in [2.45, 2.75) is 38.6 Å². The highest BCUT2D eigenvalue weighted by Crippen LogP contribution is 2.19. The number of aromatic amines is 1. The Kier molecular flexibility index (Phi) is 6.11. The lowest BCUT2D eigenvalue weighted by Gasteiger charge is -2.19. The molecule has 7 heteroatoms. The molecule has 2 aromatic rings. The van der Waals surface area contributed by atoms with Gasteiger partial charge in [-0.05, 0) is 24.5 Å². The van der Waals surface area contributed by atoms with Crippen LogP contribution < -0.4 is 10.6 Å². The highest BCUT2D eigenvalue weighted by Gasteiger charge is 2.22. The molecular formula is C20H26N4O3. The highest BCUT2D eigenvalue weighted by molar-refractivity contribution is 5.89. The predicted molar refractivity (Wildman–Crippen MR) is 103 cm³/mol. The van der Waals surface area contributed by atoms with E-state index in [0.717, 1.165) is 42.4 Å². The summed E-state index contributed by atoms with van der Waals surface area (Å²) >= 11 is 0. The van der Waals surface area contributed by atoms with Gasteiger partial charge in [-0.1, -0.05) is 18.2 Å². The van der Waals surface area contributed by atoms with Crippen molar-refractivity contribution in [3.63, 3.8) is 0 Å². The van der Waals surface area contributed by atoms with E-state index < -0.39 is 6.04 Å². The van der Waals surface area contributed by atoms with Gasteiger partial charge in [-0.3, -0.25) is 14.4 Å². The molecule has 0 bridgehead atoms. The fourth-order valence-corrected chi connectivity index (χ4v) is 3.52. The number of carbonyl (C=O) groups is 3. The van der Waals surface area contributed by atoms with Gasteiger partial charge in [0.25, 0.3) is 0 Å². The van der Waals surface area contributed by atoms with Gasteiger partial charge in [-0.2, -0.15) is 0 Å². The number of carbonyl (C=O) groups excluding carboxylic acids is 3. The van der Waals surface area contributed by atoms with E-state index >= 15 is 0 Å². The topological polar surface area (TPSA) is 94.3 Å². The zero-order valence-electron chi connectivity index (χ0n) is 15.6. The van der Waals surface area contributed by atoms with Gasteiger partial charge in [0.15, 0.2) is 0 Å². The monoisotopic (exact) mass is 370 g/mol. The maximum Gasteiger partial charge on any atom is 0.242 e. The van der Waals surface area contributed by atoms with E-state index in [9.17, 15) is 14.4 Å². The van der Waals surface area contributed by atoms with E-state index in [0.29, 0.717) is 6.42 Å². The van der Waals surface area contributed by atoms with Gasteiger partial charge in [0.05, 0.1) is 0 Å². The Bertz CT molecular complexity index is 823. The second kappa shape index (κ2) is 8.70. The molecule has 1 saturated heterocycles. The zero-order valence-corrected chi connectivity index (χ0v) is 15.6. The largest absolute Gasteiger partial charge is 0.361 e. The number of likely N-dealkylation sites (tertiary alicyclic amines) is 1. The standard InChI is InChI=1S/C20H26N4O3/c1-14(25)23-18(12-15-13-22-17-7-3-2-6-16(15)17)20(27)21-9-8-19(26)24-10-4-5-11-24/h2-3,6-7,13,18,22H,4-5,8-12H2,1H3,(H,21,27)(H,23,25).